The Labute approximate surface area is 151 Å². The van der Waals surface area contributed by atoms with Gasteiger partial charge >= 0.3 is 5.97 Å². The molecule has 4 aliphatic rings. The summed E-state index contributed by atoms with van der Waals surface area (Å²) in [6, 6.07) is 0. The van der Waals surface area contributed by atoms with Crippen LogP contribution in [0.3, 0.4) is 0 Å². The van der Waals surface area contributed by atoms with Gasteiger partial charge in [-0.25, -0.2) is 0 Å². The number of carbonyl (C=O) groups is 1. The van der Waals surface area contributed by atoms with E-state index in [2.05, 4.69) is 13.8 Å². The monoisotopic (exact) mass is 350 g/mol. The van der Waals surface area contributed by atoms with Crippen LogP contribution in [0.2, 0.25) is 0 Å². The Morgan fingerprint density at radius 2 is 1.72 bits per heavy atom. The molecule has 0 aromatic carbocycles. The highest BCUT2D eigenvalue weighted by Crippen LogP contribution is 2.75. The van der Waals surface area contributed by atoms with Crippen LogP contribution < -0.4 is 0 Å². The second kappa shape index (κ2) is 5.22. The van der Waals surface area contributed by atoms with Crippen LogP contribution in [-0.4, -0.2) is 34.0 Å². The molecule has 0 aromatic rings. The van der Waals surface area contributed by atoms with Crippen LogP contribution in [0.1, 0.15) is 72.1 Å². The molecule has 0 radical (unpaired) electrons. The third-order valence-electron chi connectivity index (χ3n) is 9.62. The van der Waals surface area contributed by atoms with Crippen molar-refractivity contribution in [3.8, 4) is 0 Å². The van der Waals surface area contributed by atoms with Gasteiger partial charge in [0, 0.05) is 12.5 Å². The molecule has 25 heavy (non-hydrogen) atoms. The van der Waals surface area contributed by atoms with Crippen molar-refractivity contribution in [1.82, 2.24) is 0 Å². The Balaban J connectivity index is 1.78. The Morgan fingerprint density at radius 3 is 2.36 bits per heavy atom. The van der Waals surface area contributed by atoms with Gasteiger partial charge in [0.25, 0.3) is 0 Å². The zero-order chi connectivity index (χ0) is 18.3. The molecule has 8 atom stereocenters. The van der Waals surface area contributed by atoms with Gasteiger partial charge in [-0.15, -0.1) is 0 Å². The van der Waals surface area contributed by atoms with E-state index in [9.17, 15) is 20.1 Å². The second-order valence-electron chi connectivity index (χ2n) is 10.6. The number of rotatable bonds is 2. The predicted octanol–water partition coefficient (Wildman–Crippen LogP) is 3.45. The maximum Gasteiger partial charge on any atom is 0.309 e. The first-order chi connectivity index (χ1) is 11.6. The van der Waals surface area contributed by atoms with E-state index < -0.39 is 17.5 Å². The fourth-order valence-electron chi connectivity index (χ4n) is 8.53. The van der Waals surface area contributed by atoms with Crippen molar-refractivity contribution in [3.63, 3.8) is 0 Å². The minimum Gasteiger partial charge on any atom is -0.481 e. The molecule has 0 amide bonds. The third kappa shape index (κ3) is 1.99. The van der Waals surface area contributed by atoms with Crippen molar-refractivity contribution in [2.24, 2.45) is 39.4 Å². The van der Waals surface area contributed by atoms with Gasteiger partial charge in [-0.3, -0.25) is 4.79 Å². The molecule has 142 valence electrons. The molecule has 3 N–H and O–H groups in total. The highest BCUT2D eigenvalue weighted by molar-refractivity contribution is 5.75. The standard InChI is InChI=1S/C21H34O4/c1-18-9-5-15-19(2)7-4-8-20(3,17(24)25)14(19)6-10-21(15,12-18)13(11-22)16(18)23/h13-16,22-23H,4-12H2,1-3H3,(H,24,25)/t13-,14?,15?,16-,18-,19-,20-,21-/m1/s1. The Hall–Kier alpha value is -0.610. The topological polar surface area (TPSA) is 77.8 Å². The minimum atomic E-state index is -0.634. The van der Waals surface area contributed by atoms with E-state index in [4.69, 9.17) is 0 Å². The summed E-state index contributed by atoms with van der Waals surface area (Å²) < 4.78 is 0. The van der Waals surface area contributed by atoms with E-state index >= 15 is 0 Å². The summed E-state index contributed by atoms with van der Waals surface area (Å²) in [5.74, 6) is -0.0330. The summed E-state index contributed by atoms with van der Waals surface area (Å²) in [5, 5.41) is 31.1. The predicted molar refractivity (Wildman–Crippen MR) is 94.9 cm³/mol. The first-order valence-electron chi connectivity index (χ1n) is 10.2. The Kier molecular flexibility index (Phi) is 3.71. The van der Waals surface area contributed by atoms with E-state index in [1.54, 1.807) is 0 Å². The van der Waals surface area contributed by atoms with Crippen molar-refractivity contribution in [3.05, 3.63) is 0 Å². The molecular formula is C21H34O4. The number of carboxylic acids is 1. The first kappa shape index (κ1) is 17.8. The summed E-state index contributed by atoms with van der Waals surface area (Å²) >= 11 is 0. The molecule has 0 aromatic heterocycles. The zero-order valence-corrected chi connectivity index (χ0v) is 15.9. The van der Waals surface area contributed by atoms with Crippen LogP contribution in [0.15, 0.2) is 0 Å². The van der Waals surface area contributed by atoms with Crippen molar-refractivity contribution >= 4 is 5.97 Å². The van der Waals surface area contributed by atoms with Gasteiger partial charge < -0.3 is 15.3 Å². The second-order valence-corrected chi connectivity index (χ2v) is 10.6. The number of carboxylic acid groups (broad SMARTS) is 1. The molecule has 4 aliphatic carbocycles. The number of hydrogen-bond acceptors (Lipinski definition) is 3. The van der Waals surface area contributed by atoms with Gasteiger partial charge in [0.15, 0.2) is 0 Å². The lowest BCUT2D eigenvalue weighted by Crippen LogP contribution is -2.60. The van der Waals surface area contributed by atoms with E-state index in [1.165, 1.54) is 0 Å². The molecule has 0 saturated heterocycles. The molecule has 4 heteroatoms. The third-order valence-corrected chi connectivity index (χ3v) is 9.62. The van der Waals surface area contributed by atoms with Gasteiger partial charge in [0.1, 0.15) is 0 Å². The summed E-state index contributed by atoms with van der Waals surface area (Å²) in [5.41, 5.74) is -0.676. The maximum atomic E-state index is 12.1. The fraction of sp³-hybridized carbons (Fsp3) is 0.952. The van der Waals surface area contributed by atoms with Gasteiger partial charge in [-0.1, -0.05) is 20.3 Å². The normalized spacial score (nSPS) is 57.6. The molecule has 4 saturated carbocycles. The number of aliphatic hydroxyl groups excluding tert-OH is 2. The number of aliphatic carboxylic acids is 1. The smallest absolute Gasteiger partial charge is 0.309 e. The van der Waals surface area contributed by atoms with Crippen LogP contribution in [0.5, 0.6) is 0 Å². The zero-order valence-electron chi connectivity index (χ0n) is 15.9. The molecule has 0 aliphatic heterocycles. The van der Waals surface area contributed by atoms with Crippen LogP contribution in [0, 0.1) is 39.4 Å². The molecule has 2 unspecified atom stereocenters. The lowest BCUT2D eigenvalue weighted by atomic mass is 9.39. The SMILES string of the molecule is C[C@@]12CCC[C@@](C)(C(=O)O)C1CC[C@]13C[C@@](C)(CCC21)[C@H](O)[C@H]3CO. The van der Waals surface area contributed by atoms with Crippen LogP contribution in [0.25, 0.3) is 0 Å². The molecule has 4 fully saturated rings. The Morgan fingerprint density at radius 1 is 1.04 bits per heavy atom. The summed E-state index contributed by atoms with van der Waals surface area (Å²) in [7, 11) is 0. The van der Waals surface area contributed by atoms with E-state index in [0.717, 1.165) is 51.4 Å². The number of hydrogen-bond donors (Lipinski definition) is 3. The van der Waals surface area contributed by atoms with E-state index in [0.29, 0.717) is 5.92 Å². The minimum absolute atomic E-state index is 0.00314. The van der Waals surface area contributed by atoms with E-state index in [-0.39, 0.29) is 34.7 Å². The van der Waals surface area contributed by atoms with Gasteiger partial charge in [0.05, 0.1) is 11.5 Å². The molecule has 2 bridgehead atoms. The number of aliphatic hydroxyl groups is 2. The highest BCUT2D eigenvalue weighted by atomic mass is 16.4. The molecule has 0 heterocycles. The van der Waals surface area contributed by atoms with Gasteiger partial charge in [0.2, 0.25) is 0 Å². The van der Waals surface area contributed by atoms with Crippen LogP contribution in [-0.2, 0) is 4.79 Å². The van der Waals surface area contributed by atoms with Crippen molar-refractivity contribution in [2.75, 3.05) is 6.61 Å². The largest absolute Gasteiger partial charge is 0.481 e. The number of fused-ring (bicyclic) bond motifs is 3. The van der Waals surface area contributed by atoms with E-state index in [1.807, 2.05) is 6.92 Å². The summed E-state index contributed by atoms with van der Waals surface area (Å²) in [6.07, 6.45) is 7.42. The lowest BCUT2D eigenvalue weighted by Gasteiger charge is -2.64. The summed E-state index contributed by atoms with van der Waals surface area (Å²) in [6.45, 7) is 6.56. The van der Waals surface area contributed by atoms with Crippen LogP contribution in [0.4, 0.5) is 0 Å². The fourth-order valence-corrected chi connectivity index (χ4v) is 8.53. The molecule has 1 spiro atoms. The van der Waals surface area contributed by atoms with Crippen molar-refractivity contribution < 1.29 is 20.1 Å². The van der Waals surface area contributed by atoms with Crippen molar-refractivity contribution in [2.45, 2.75) is 78.2 Å². The summed E-state index contributed by atoms with van der Waals surface area (Å²) in [4.78, 5) is 12.1. The van der Waals surface area contributed by atoms with Gasteiger partial charge in [-0.2, -0.15) is 0 Å². The average Bonchev–Trinajstić information content (AvgIpc) is 2.69. The maximum absolute atomic E-state index is 12.1. The van der Waals surface area contributed by atoms with Crippen molar-refractivity contribution in [1.29, 1.82) is 0 Å². The quantitative estimate of drug-likeness (QED) is 0.713. The van der Waals surface area contributed by atoms with Crippen LogP contribution >= 0.6 is 0 Å². The molecule has 4 rings (SSSR count). The lowest BCUT2D eigenvalue weighted by molar-refractivity contribution is -0.189. The molecule has 4 nitrogen and oxygen atoms in total. The first-order valence-corrected chi connectivity index (χ1v) is 10.2. The average molecular weight is 350 g/mol. The highest BCUT2D eigenvalue weighted by Gasteiger charge is 2.71. The van der Waals surface area contributed by atoms with Gasteiger partial charge in [-0.05, 0) is 80.0 Å². The Bertz CT molecular complexity index is 590. The molecular weight excluding hydrogens is 316 g/mol.